The van der Waals surface area contributed by atoms with Gasteiger partial charge in [0.15, 0.2) is 0 Å². The fourth-order valence-electron chi connectivity index (χ4n) is 3.26. The summed E-state index contributed by atoms with van der Waals surface area (Å²) in [5, 5.41) is 2.91. The van der Waals surface area contributed by atoms with E-state index < -0.39 is 0 Å². The van der Waals surface area contributed by atoms with Crippen molar-refractivity contribution in [2.45, 2.75) is 51.8 Å². The van der Waals surface area contributed by atoms with Gasteiger partial charge in [0.2, 0.25) is 5.91 Å². The van der Waals surface area contributed by atoms with Crippen LogP contribution in [0.15, 0.2) is 47.1 Å². The molecule has 3 rings (SSSR count). The quantitative estimate of drug-likeness (QED) is 0.783. The van der Waals surface area contributed by atoms with E-state index in [9.17, 15) is 4.79 Å². The number of unbranched alkanes of at least 4 members (excludes halogenated alkanes) is 1. The Labute approximate surface area is 155 Å². The summed E-state index contributed by atoms with van der Waals surface area (Å²) in [4.78, 5) is 14.5. The number of benzene rings is 1. The molecule has 1 aliphatic heterocycles. The zero-order valence-electron chi connectivity index (χ0n) is 15.4. The van der Waals surface area contributed by atoms with Crippen LogP contribution in [0.25, 0.3) is 0 Å². The van der Waals surface area contributed by atoms with E-state index >= 15 is 0 Å². The zero-order valence-corrected chi connectivity index (χ0v) is 15.4. The Morgan fingerprint density at radius 3 is 2.96 bits per heavy atom. The Balaban J connectivity index is 1.54. The standard InChI is InChI=1S/C21H28N2O3/c1-2-3-8-19-16-23(15-17-7-4-5-10-20(17)26-19)12-11-21(24)22-14-18-9-6-13-25-18/h4-7,9-10,13,19H,2-3,8,11-12,14-16H2,1H3,(H,22,24)/t19-/m0/s1. The highest BCUT2D eigenvalue weighted by Crippen LogP contribution is 2.26. The second kappa shape index (κ2) is 9.43. The highest BCUT2D eigenvalue weighted by molar-refractivity contribution is 5.75. The number of nitrogens with zero attached hydrogens (tertiary/aromatic N) is 1. The smallest absolute Gasteiger partial charge is 0.221 e. The lowest BCUT2D eigenvalue weighted by Crippen LogP contribution is -2.35. The molecule has 0 unspecified atom stereocenters. The van der Waals surface area contributed by atoms with Crippen molar-refractivity contribution in [1.29, 1.82) is 0 Å². The monoisotopic (exact) mass is 356 g/mol. The van der Waals surface area contributed by atoms with Crippen molar-refractivity contribution < 1.29 is 13.9 Å². The summed E-state index contributed by atoms with van der Waals surface area (Å²) in [6.07, 6.45) is 5.65. The number of hydrogen-bond donors (Lipinski definition) is 1. The third kappa shape index (κ3) is 5.36. The molecule has 5 nitrogen and oxygen atoms in total. The normalized spacial score (nSPS) is 17.2. The van der Waals surface area contributed by atoms with Crippen LogP contribution in [-0.2, 0) is 17.9 Å². The first-order valence-corrected chi connectivity index (χ1v) is 9.50. The maximum Gasteiger partial charge on any atom is 0.221 e. The van der Waals surface area contributed by atoms with Crippen LogP contribution in [0.3, 0.4) is 0 Å². The average Bonchev–Trinajstić information content (AvgIpc) is 3.10. The molecule has 1 N–H and O–H groups in total. The summed E-state index contributed by atoms with van der Waals surface area (Å²) < 4.78 is 11.5. The fraction of sp³-hybridized carbons (Fsp3) is 0.476. The number of furan rings is 1. The molecule has 0 radical (unpaired) electrons. The van der Waals surface area contributed by atoms with Gasteiger partial charge in [-0.15, -0.1) is 0 Å². The molecule has 0 aliphatic carbocycles. The van der Waals surface area contributed by atoms with Crippen molar-refractivity contribution in [3.8, 4) is 5.75 Å². The van der Waals surface area contributed by atoms with E-state index in [1.165, 1.54) is 5.56 Å². The molecule has 1 aliphatic rings. The average molecular weight is 356 g/mol. The number of hydrogen-bond acceptors (Lipinski definition) is 4. The summed E-state index contributed by atoms with van der Waals surface area (Å²) in [6, 6.07) is 11.9. The Morgan fingerprint density at radius 1 is 1.27 bits per heavy atom. The molecule has 0 saturated heterocycles. The predicted octanol–water partition coefficient (Wildman–Crippen LogP) is 3.74. The summed E-state index contributed by atoms with van der Waals surface area (Å²) in [5.41, 5.74) is 1.20. The van der Waals surface area contributed by atoms with Gasteiger partial charge < -0.3 is 14.5 Å². The lowest BCUT2D eigenvalue weighted by Gasteiger charge is -2.23. The zero-order chi connectivity index (χ0) is 18.2. The second-order valence-corrected chi connectivity index (χ2v) is 6.83. The van der Waals surface area contributed by atoms with Crippen LogP contribution < -0.4 is 10.1 Å². The fourth-order valence-corrected chi connectivity index (χ4v) is 3.26. The molecule has 1 atom stereocenters. The van der Waals surface area contributed by atoms with Crippen molar-refractivity contribution in [2.24, 2.45) is 0 Å². The maximum atomic E-state index is 12.2. The number of carbonyl (C=O) groups excluding carboxylic acids is 1. The van der Waals surface area contributed by atoms with Crippen LogP contribution in [-0.4, -0.2) is 30.0 Å². The lowest BCUT2D eigenvalue weighted by atomic mass is 10.1. The molecular weight excluding hydrogens is 328 g/mol. The van der Waals surface area contributed by atoms with E-state index in [-0.39, 0.29) is 12.0 Å². The number of amides is 1. The molecular formula is C21H28N2O3. The van der Waals surface area contributed by atoms with Gasteiger partial charge in [0.05, 0.1) is 12.8 Å². The molecule has 5 heteroatoms. The molecule has 0 spiro atoms. The number of fused-ring (bicyclic) bond motifs is 1. The lowest BCUT2D eigenvalue weighted by molar-refractivity contribution is -0.121. The van der Waals surface area contributed by atoms with Crippen LogP contribution in [0.4, 0.5) is 0 Å². The van der Waals surface area contributed by atoms with Crippen molar-refractivity contribution >= 4 is 5.91 Å². The number of rotatable bonds is 8. The van der Waals surface area contributed by atoms with Crippen LogP contribution in [0.1, 0.15) is 43.9 Å². The second-order valence-electron chi connectivity index (χ2n) is 6.83. The molecule has 0 bridgehead atoms. The molecule has 0 fully saturated rings. The van der Waals surface area contributed by atoms with E-state index in [2.05, 4.69) is 23.2 Å². The Hall–Kier alpha value is -2.27. The highest BCUT2D eigenvalue weighted by Gasteiger charge is 2.22. The van der Waals surface area contributed by atoms with E-state index in [1.807, 2.05) is 30.3 Å². The maximum absolute atomic E-state index is 12.2. The van der Waals surface area contributed by atoms with Gasteiger partial charge in [-0.25, -0.2) is 0 Å². The molecule has 2 heterocycles. The molecule has 1 amide bonds. The summed E-state index contributed by atoms with van der Waals surface area (Å²) in [7, 11) is 0. The van der Waals surface area contributed by atoms with E-state index in [0.717, 1.165) is 50.4 Å². The summed E-state index contributed by atoms with van der Waals surface area (Å²) in [6.45, 7) is 5.05. The number of carbonyl (C=O) groups is 1. The molecule has 0 saturated carbocycles. The minimum absolute atomic E-state index is 0.0463. The van der Waals surface area contributed by atoms with E-state index in [1.54, 1.807) is 6.26 Å². The summed E-state index contributed by atoms with van der Waals surface area (Å²) in [5.74, 6) is 1.80. The summed E-state index contributed by atoms with van der Waals surface area (Å²) >= 11 is 0. The first kappa shape index (κ1) is 18.5. The van der Waals surface area contributed by atoms with Gasteiger partial charge in [0.25, 0.3) is 0 Å². The van der Waals surface area contributed by atoms with Gasteiger partial charge in [-0.2, -0.15) is 0 Å². The Bertz CT molecular complexity index is 684. The van der Waals surface area contributed by atoms with Crippen molar-refractivity contribution in [3.05, 3.63) is 54.0 Å². The van der Waals surface area contributed by atoms with Gasteiger partial charge in [-0.1, -0.05) is 31.5 Å². The third-order valence-electron chi connectivity index (χ3n) is 4.70. The van der Waals surface area contributed by atoms with Crippen LogP contribution >= 0.6 is 0 Å². The highest BCUT2D eigenvalue weighted by atomic mass is 16.5. The minimum atomic E-state index is 0.0463. The van der Waals surface area contributed by atoms with Gasteiger partial charge in [-0.3, -0.25) is 9.69 Å². The van der Waals surface area contributed by atoms with E-state index in [0.29, 0.717) is 13.0 Å². The first-order chi connectivity index (χ1) is 12.7. The minimum Gasteiger partial charge on any atom is -0.489 e. The van der Waals surface area contributed by atoms with Gasteiger partial charge in [0.1, 0.15) is 17.6 Å². The predicted molar refractivity (Wildman–Crippen MR) is 101 cm³/mol. The molecule has 2 aromatic rings. The van der Waals surface area contributed by atoms with Crippen molar-refractivity contribution in [2.75, 3.05) is 13.1 Å². The van der Waals surface area contributed by atoms with Crippen LogP contribution in [0.2, 0.25) is 0 Å². The number of nitrogens with one attached hydrogen (secondary N) is 1. The van der Waals surface area contributed by atoms with Crippen LogP contribution in [0, 0.1) is 0 Å². The number of ether oxygens (including phenoxy) is 1. The molecule has 1 aromatic carbocycles. The van der Waals surface area contributed by atoms with Crippen molar-refractivity contribution in [1.82, 2.24) is 10.2 Å². The molecule has 140 valence electrons. The van der Waals surface area contributed by atoms with Gasteiger partial charge in [0, 0.05) is 31.6 Å². The van der Waals surface area contributed by atoms with Crippen LogP contribution in [0.5, 0.6) is 5.75 Å². The molecule has 26 heavy (non-hydrogen) atoms. The van der Waals surface area contributed by atoms with E-state index in [4.69, 9.17) is 9.15 Å². The Kier molecular flexibility index (Phi) is 6.72. The van der Waals surface area contributed by atoms with Gasteiger partial charge in [-0.05, 0) is 31.0 Å². The topological polar surface area (TPSA) is 54.7 Å². The third-order valence-corrected chi connectivity index (χ3v) is 4.70. The van der Waals surface area contributed by atoms with Gasteiger partial charge >= 0.3 is 0 Å². The first-order valence-electron chi connectivity index (χ1n) is 9.50. The molecule has 1 aromatic heterocycles. The number of para-hydroxylation sites is 1. The SMILES string of the molecule is CCCC[C@H]1CN(CCC(=O)NCc2ccco2)Cc2ccccc2O1. The van der Waals surface area contributed by atoms with Crippen molar-refractivity contribution in [3.63, 3.8) is 0 Å². The largest absolute Gasteiger partial charge is 0.489 e. The Morgan fingerprint density at radius 2 is 2.15 bits per heavy atom.